The molecule has 6 heteroatoms. The Labute approximate surface area is 122 Å². The molecular formula is C15H17FN4O. The van der Waals surface area contributed by atoms with Gasteiger partial charge in [0.25, 0.3) is 5.91 Å². The first-order valence-electron chi connectivity index (χ1n) is 7.02. The molecule has 21 heavy (non-hydrogen) atoms. The average Bonchev–Trinajstić information content (AvgIpc) is 3.16. The van der Waals surface area contributed by atoms with Crippen LogP contribution in [0.25, 0.3) is 5.69 Å². The molecule has 1 aliphatic heterocycles. The number of benzene rings is 1. The summed E-state index contributed by atoms with van der Waals surface area (Å²) < 4.78 is 15.1. The van der Waals surface area contributed by atoms with Crippen molar-refractivity contribution in [1.29, 1.82) is 0 Å². The molecule has 1 aromatic heterocycles. The van der Waals surface area contributed by atoms with E-state index in [4.69, 9.17) is 5.73 Å². The number of para-hydroxylation sites is 1. The highest BCUT2D eigenvalue weighted by Gasteiger charge is 2.29. The van der Waals surface area contributed by atoms with Crippen LogP contribution in [-0.4, -0.2) is 39.7 Å². The molecule has 0 bridgehead atoms. The number of likely N-dealkylation sites (tertiary alicyclic amines) is 1. The summed E-state index contributed by atoms with van der Waals surface area (Å²) in [5.74, 6) is -0.515. The second-order valence-corrected chi connectivity index (χ2v) is 5.13. The number of aromatic nitrogens is 2. The second kappa shape index (κ2) is 5.65. The van der Waals surface area contributed by atoms with Crippen LogP contribution in [-0.2, 0) is 0 Å². The molecule has 3 rings (SSSR count). The second-order valence-electron chi connectivity index (χ2n) is 5.13. The number of carbonyl (C=O) groups excluding carboxylic acids is 1. The lowest BCUT2D eigenvalue weighted by Gasteiger charge is -2.22. The molecule has 0 unspecified atom stereocenters. The van der Waals surface area contributed by atoms with Crippen molar-refractivity contribution in [3.05, 3.63) is 48.0 Å². The molecule has 0 saturated carbocycles. The normalized spacial score (nSPS) is 18.2. The van der Waals surface area contributed by atoms with Crippen LogP contribution in [0.4, 0.5) is 4.39 Å². The molecule has 0 spiro atoms. The molecule has 1 saturated heterocycles. The van der Waals surface area contributed by atoms with Gasteiger partial charge in [-0.3, -0.25) is 4.79 Å². The lowest BCUT2D eigenvalue weighted by Crippen LogP contribution is -2.40. The van der Waals surface area contributed by atoms with E-state index in [0.717, 1.165) is 12.8 Å². The minimum absolute atomic E-state index is 0.0797. The van der Waals surface area contributed by atoms with Gasteiger partial charge < -0.3 is 10.6 Å². The van der Waals surface area contributed by atoms with Crippen LogP contribution in [0.1, 0.15) is 23.3 Å². The zero-order valence-corrected chi connectivity index (χ0v) is 11.6. The summed E-state index contributed by atoms with van der Waals surface area (Å²) in [6.45, 7) is 1.16. The minimum atomic E-state index is -0.374. The summed E-state index contributed by atoms with van der Waals surface area (Å²) >= 11 is 0. The van der Waals surface area contributed by atoms with E-state index in [2.05, 4.69) is 5.10 Å². The third-order valence-electron chi connectivity index (χ3n) is 3.82. The minimum Gasteiger partial charge on any atom is -0.333 e. The van der Waals surface area contributed by atoms with Crippen molar-refractivity contribution in [2.45, 2.75) is 18.9 Å². The Kier molecular flexibility index (Phi) is 3.70. The van der Waals surface area contributed by atoms with Crippen LogP contribution >= 0.6 is 0 Å². The Morgan fingerprint density at radius 3 is 2.95 bits per heavy atom. The highest BCUT2D eigenvalue weighted by atomic mass is 19.1. The van der Waals surface area contributed by atoms with Gasteiger partial charge in [-0.25, -0.2) is 9.07 Å². The first-order chi connectivity index (χ1) is 10.2. The fourth-order valence-corrected chi connectivity index (χ4v) is 2.70. The molecule has 1 aromatic carbocycles. The SMILES string of the molecule is NC[C@@H]1CCCN1C(=O)c1ccn(-c2ccccc2F)n1. The van der Waals surface area contributed by atoms with E-state index < -0.39 is 0 Å². The maximum atomic E-state index is 13.7. The van der Waals surface area contributed by atoms with Crippen molar-refractivity contribution in [3.63, 3.8) is 0 Å². The van der Waals surface area contributed by atoms with Crippen LogP contribution in [0.3, 0.4) is 0 Å². The molecule has 2 N–H and O–H groups in total. The Balaban J connectivity index is 1.85. The fraction of sp³-hybridized carbons (Fsp3) is 0.333. The molecule has 1 aliphatic rings. The summed E-state index contributed by atoms with van der Waals surface area (Å²) in [5, 5.41) is 4.20. The van der Waals surface area contributed by atoms with Crippen molar-refractivity contribution in [2.75, 3.05) is 13.1 Å². The molecule has 2 aromatic rings. The number of nitrogens with zero attached hydrogens (tertiary/aromatic N) is 3. The fourth-order valence-electron chi connectivity index (χ4n) is 2.70. The predicted molar refractivity (Wildman–Crippen MR) is 76.6 cm³/mol. The summed E-state index contributed by atoms with van der Waals surface area (Å²) in [5.41, 5.74) is 6.33. The molecule has 0 aliphatic carbocycles. The number of halogens is 1. The van der Waals surface area contributed by atoms with E-state index in [1.54, 1.807) is 35.4 Å². The predicted octanol–water partition coefficient (Wildman–Crippen LogP) is 1.57. The largest absolute Gasteiger partial charge is 0.333 e. The lowest BCUT2D eigenvalue weighted by molar-refractivity contribution is 0.0734. The van der Waals surface area contributed by atoms with Crippen LogP contribution in [0.2, 0.25) is 0 Å². The van der Waals surface area contributed by atoms with Crippen molar-refractivity contribution in [2.24, 2.45) is 5.73 Å². The van der Waals surface area contributed by atoms with Crippen molar-refractivity contribution < 1.29 is 9.18 Å². The first-order valence-corrected chi connectivity index (χ1v) is 7.02. The maximum Gasteiger partial charge on any atom is 0.274 e. The van der Waals surface area contributed by atoms with Gasteiger partial charge in [0.15, 0.2) is 5.69 Å². The van der Waals surface area contributed by atoms with Crippen LogP contribution in [0.5, 0.6) is 0 Å². The average molecular weight is 288 g/mol. The number of hydrogen-bond donors (Lipinski definition) is 1. The van der Waals surface area contributed by atoms with Gasteiger partial charge in [0, 0.05) is 25.3 Å². The van der Waals surface area contributed by atoms with Gasteiger partial charge in [-0.2, -0.15) is 5.10 Å². The van der Waals surface area contributed by atoms with E-state index in [1.165, 1.54) is 10.7 Å². The van der Waals surface area contributed by atoms with Crippen LogP contribution in [0, 0.1) is 5.82 Å². The zero-order valence-electron chi connectivity index (χ0n) is 11.6. The van der Waals surface area contributed by atoms with Gasteiger partial charge in [-0.05, 0) is 31.0 Å². The molecule has 5 nitrogen and oxygen atoms in total. The third-order valence-corrected chi connectivity index (χ3v) is 3.82. The monoisotopic (exact) mass is 288 g/mol. The van der Waals surface area contributed by atoms with E-state index >= 15 is 0 Å². The summed E-state index contributed by atoms with van der Waals surface area (Å²) in [4.78, 5) is 14.2. The number of carbonyl (C=O) groups is 1. The maximum absolute atomic E-state index is 13.7. The Hall–Kier alpha value is -2.21. The molecular weight excluding hydrogens is 271 g/mol. The van der Waals surface area contributed by atoms with Gasteiger partial charge in [0.1, 0.15) is 11.5 Å². The van der Waals surface area contributed by atoms with E-state index in [9.17, 15) is 9.18 Å². The van der Waals surface area contributed by atoms with Crippen molar-refractivity contribution >= 4 is 5.91 Å². The van der Waals surface area contributed by atoms with E-state index in [1.807, 2.05) is 0 Å². The first kappa shape index (κ1) is 13.8. The Morgan fingerprint density at radius 1 is 1.38 bits per heavy atom. The van der Waals surface area contributed by atoms with Crippen LogP contribution < -0.4 is 5.73 Å². The zero-order chi connectivity index (χ0) is 14.8. The van der Waals surface area contributed by atoms with Gasteiger partial charge in [-0.15, -0.1) is 0 Å². The van der Waals surface area contributed by atoms with E-state index in [-0.39, 0.29) is 17.8 Å². The highest BCUT2D eigenvalue weighted by Crippen LogP contribution is 2.19. The van der Waals surface area contributed by atoms with Gasteiger partial charge in [0.05, 0.1) is 0 Å². The molecule has 0 radical (unpaired) electrons. The van der Waals surface area contributed by atoms with Crippen LogP contribution in [0.15, 0.2) is 36.5 Å². The number of rotatable bonds is 3. The van der Waals surface area contributed by atoms with Crippen molar-refractivity contribution in [3.8, 4) is 5.69 Å². The van der Waals surface area contributed by atoms with Crippen molar-refractivity contribution in [1.82, 2.24) is 14.7 Å². The molecule has 1 fully saturated rings. The van der Waals surface area contributed by atoms with Gasteiger partial charge in [-0.1, -0.05) is 12.1 Å². The Bertz CT molecular complexity index is 655. The molecule has 110 valence electrons. The molecule has 1 amide bonds. The number of nitrogens with two attached hydrogens (primary N) is 1. The lowest BCUT2D eigenvalue weighted by atomic mass is 10.2. The number of hydrogen-bond acceptors (Lipinski definition) is 3. The summed E-state index contributed by atoms with van der Waals surface area (Å²) in [7, 11) is 0. The highest BCUT2D eigenvalue weighted by molar-refractivity contribution is 5.92. The smallest absolute Gasteiger partial charge is 0.274 e. The quantitative estimate of drug-likeness (QED) is 0.932. The topological polar surface area (TPSA) is 64.2 Å². The van der Waals surface area contributed by atoms with Gasteiger partial charge in [0.2, 0.25) is 0 Å². The standard InChI is InChI=1S/C15H17FN4O/c16-12-5-1-2-6-14(12)20-9-7-13(18-20)15(21)19-8-3-4-11(19)10-17/h1-2,5-7,9,11H,3-4,8,10,17H2/t11-/m0/s1. The Morgan fingerprint density at radius 2 is 2.19 bits per heavy atom. The molecule has 1 atom stereocenters. The van der Waals surface area contributed by atoms with Gasteiger partial charge >= 0.3 is 0 Å². The summed E-state index contributed by atoms with van der Waals surface area (Å²) in [6.07, 6.45) is 3.48. The molecule has 2 heterocycles. The number of amides is 1. The van der Waals surface area contributed by atoms with E-state index in [0.29, 0.717) is 24.5 Å². The summed E-state index contributed by atoms with van der Waals surface area (Å²) in [6, 6.07) is 8.02. The third kappa shape index (κ3) is 2.54.